The zero-order valence-electron chi connectivity index (χ0n) is 8.08. The molecule has 1 aromatic carbocycles. The molecule has 0 spiro atoms. The van der Waals surface area contributed by atoms with Crippen molar-refractivity contribution in [2.45, 2.75) is 0 Å². The van der Waals surface area contributed by atoms with Crippen LogP contribution in [0.5, 0.6) is 0 Å². The van der Waals surface area contributed by atoms with Gasteiger partial charge in [0.1, 0.15) is 0 Å². The van der Waals surface area contributed by atoms with Crippen LogP contribution in [0.15, 0.2) is 41.1 Å². The molecule has 1 rings (SSSR count). The fourth-order valence-electron chi connectivity index (χ4n) is 1.04. The van der Waals surface area contributed by atoms with Gasteiger partial charge in [0, 0.05) is 0 Å². The van der Waals surface area contributed by atoms with E-state index in [1.165, 1.54) is 12.1 Å². The number of benzene rings is 1. The Hall–Kier alpha value is -2.08. The van der Waals surface area contributed by atoms with Crippen molar-refractivity contribution < 1.29 is 19.5 Å². The Balaban J connectivity index is 3.17. The topological polar surface area (TPSA) is 82.0 Å². The lowest BCUT2D eigenvalue weighted by Gasteiger charge is -2.14. The van der Waals surface area contributed by atoms with E-state index in [0.29, 0.717) is 0 Å². The van der Waals surface area contributed by atoms with Crippen molar-refractivity contribution in [3.63, 3.8) is 0 Å². The average molecular weight is 233 g/mol. The first-order valence-electron chi connectivity index (χ1n) is 4.23. The predicted octanol–water partition coefficient (Wildman–Crippen LogP) is -0.0715. The van der Waals surface area contributed by atoms with Gasteiger partial charge in [0.05, 0.1) is 11.8 Å². The van der Waals surface area contributed by atoms with Gasteiger partial charge in [-0.2, -0.15) is 0 Å². The van der Waals surface area contributed by atoms with Crippen LogP contribution in [-0.4, -0.2) is 27.8 Å². The third-order valence-electron chi connectivity index (χ3n) is 1.75. The van der Waals surface area contributed by atoms with E-state index >= 15 is 0 Å². The summed E-state index contributed by atoms with van der Waals surface area (Å²) in [6.45, 7) is 0. The molecule has 0 saturated heterocycles. The minimum atomic E-state index is -1.36. The molecule has 0 saturated carbocycles. The largest absolute Gasteiger partial charge is 0.871 e. The molecule has 81 valence electrons. The minimum Gasteiger partial charge on any atom is -0.871 e. The SMILES string of the molecule is O=C(O)C(/C=N/O[Si])=C(/[O-])c1ccccc1. The van der Waals surface area contributed by atoms with Crippen LogP contribution in [-0.2, 0) is 9.32 Å². The molecule has 16 heavy (non-hydrogen) atoms. The Kier molecular flexibility index (Phi) is 4.28. The van der Waals surface area contributed by atoms with Crippen molar-refractivity contribution in [2.75, 3.05) is 0 Å². The minimum absolute atomic E-state index is 0.278. The zero-order valence-corrected chi connectivity index (χ0v) is 9.08. The lowest BCUT2D eigenvalue weighted by Crippen LogP contribution is -2.13. The number of hydrogen-bond donors (Lipinski definition) is 1. The predicted molar refractivity (Wildman–Crippen MR) is 56.3 cm³/mol. The second-order valence-electron chi connectivity index (χ2n) is 2.74. The number of rotatable bonds is 4. The summed E-state index contributed by atoms with van der Waals surface area (Å²) in [6.07, 6.45) is 0.838. The molecule has 0 unspecified atom stereocenters. The molecule has 3 radical (unpaired) electrons. The summed E-state index contributed by atoms with van der Waals surface area (Å²) in [7, 11) is 2.56. The second kappa shape index (κ2) is 5.71. The summed E-state index contributed by atoms with van der Waals surface area (Å²) < 4.78 is 4.15. The van der Waals surface area contributed by atoms with Gasteiger partial charge in [-0.1, -0.05) is 36.1 Å². The summed E-state index contributed by atoms with van der Waals surface area (Å²) in [5, 5.41) is 23.7. The molecule has 0 atom stereocenters. The van der Waals surface area contributed by atoms with E-state index < -0.39 is 17.3 Å². The van der Waals surface area contributed by atoms with Crippen LogP contribution < -0.4 is 5.11 Å². The van der Waals surface area contributed by atoms with Crippen LogP contribution in [0.3, 0.4) is 0 Å². The first kappa shape index (κ1) is 12.0. The maximum Gasteiger partial charge on any atom is 0.387 e. The molecule has 0 aliphatic heterocycles. The molecule has 1 aromatic rings. The van der Waals surface area contributed by atoms with Crippen molar-refractivity contribution in [3.05, 3.63) is 41.5 Å². The van der Waals surface area contributed by atoms with E-state index in [1.54, 1.807) is 18.2 Å². The molecular formula is C10H7NO4Si-. The molecule has 0 bridgehead atoms. The van der Waals surface area contributed by atoms with E-state index in [0.717, 1.165) is 6.21 Å². The quantitative estimate of drug-likeness (QED) is 0.259. The van der Waals surface area contributed by atoms with Crippen molar-refractivity contribution in [3.8, 4) is 0 Å². The number of aliphatic carboxylic acids is 1. The summed E-state index contributed by atoms with van der Waals surface area (Å²) in [5.41, 5.74) is -0.190. The smallest absolute Gasteiger partial charge is 0.387 e. The van der Waals surface area contributed by atoms with Gasteiger partial charge in [0.15, 0.2) is 0 Å². The van der Waals surface area contributed by atoms with Crippen molar-refractivity contribution in [1.82, 2.24) is 0 Å². The highest BCUT2D eigenvalue weighted by atomic mass is 28.2. The standard InChI is InChI=1S/C10H8NO4Si/c12-9(7-4-2-1-3-5-7)8(10(13)14)6-11-15-16/h1-6,12H,(H,13,14)/p-1/b9-8+,11-6+. The number of carbonyl (C=O) groups is 1. The van der Waals surface area contributed by atoms with Gasteiger partial charge < -0.3 is 14.7 Å². The monoisotopic (exact) mass is 233 g/mol. The summed E-state index contributed by atoms with van der Waals surface area (Å²) in [6, 6.07) is 8.06. The molecule has 0 aromatic heterocycles. The maximum absolute atomic E-state index is 11.7. The van der Waals surface area contributed by atoms with Gasteiger partial charge in [0.2, 0.25) is 0 Å². The average Bonchev–Trinajstić information content (AvgIpc) is 2.30. The lowest BCUT2D eigenvalue weighted by molar-refractivity contribution is -0.244. The highest BCUT2D eigenvalue weighted by Crippen LogP contribution is 2.11. The van der Waals surface area contributed by atoms with Crippen LogP contribution >= 0.6 is 0 Å². The fourth-order valence-corrected chi connectivity index (χ4v) is 1.09. The van der Waals surface area contributed by atoms with Gasteiger partial charge in [-0.25, -0.2) is 4.79 Å². The van der Waals surface area contributed by atoms with Crippen LogP contribution in [0.25, 0.3) is 5.76 Å². The number of carboxylic acid groups (broad SMARTS) is 1. The second-order valence-corrected chi connectivity index (χ2v) is 2.92. The number of oxime groups is 1. The molecule has 0 aliphatic carbocycles. The molecule has 0 heterocycles. The van der Waals surface area contributed by atoms with Crippen molar-refractivity contribution >= 4 is 28.4 Å². The Labute approximate surface area is 95.2 Å². The van der Waals surface area contributed by atoms with Gasteiger partial charge in [0.25, 0.3) is 0 Å². The van der Waals surface area contributed by atoms with Crippen LogP contribution in [0.2, 0.25) is 0 Å². The fraction of sp³-hybridized carbons (Fsp3) is 0. The van der Waals surface area contributed by atoms with Crippen molar-refractivity contribution in [2.24, 2.45) is 5.16 Å². The van der Waals surface area contributed by atoms with E-state index in [1.807, 2.05) is 0 Å². The third-order valence-corrected chi connectivity index (χ3v) is 1.85. The Bertz CT molecular complexity index is 428. The van der Waals surface area contributed by atoms with E-state index in [2.05, 4.69) is 20.2 Å². The van der Waals surface area contributed by atoms with Gasteiger partial charge >= 0.3 is 16.5 Å². The zero-order chi connectivity index (χ0) is 12.0. The molecule has 6 heteroatoms. The Morgan fingerprint density at radius 2 is 2.06 bits per heavy atom. The number of hydrogen-bond acceptors (Lipinski definition) is 4. The molecule has 0 aliphatic rings. The number of carboxylic acids is 1. The summed E-state index contributed by atoms with van der Waals surface area (Å²) >= 11 is 0. The molecular weight excluding hydrogens is 226 g/mol. The van der Waals surface area contributed by atoms with Gasteiger partial charge in [-0.05, 0) is 5.56 Å². The summed E-state index contributed by atoms with van der Waals surface area (Å²) in [4.78, 5) is 10.8. The van der Waals surface area contributed by atoms with Gasteiger partial charge in [-0.3, -0.25) is 0 Å². The Morgan fingerprint density at radius 3 is 2.56 bits per heavy atom. The highest BCUT2D eigenvalue weighted by Gasteiger charge is 2.07. The normalized spacial score (nSPS) is 12.3. The first-order valence-corrected chi connectivity index (χ1v) is 4.63. The molecule has 5 nitrogen and oxygen atoms in total. The first-order chi connectivity index (χ1) is 7.66. The Morgan fingerprint density at radius 1 is 1.44 bits per heavy atom. The van der Waals surface area contributed by atoms with Crippen molar-refractivity contribution in [1.29, 1.82) is 0 Å². The van der Waals surface area contributed by atoms with Crippen LogP contribution in [0.1, 0.15) is 5.56 Å². The summed E-state index contributed by atoms with van der Waals surface area (Å²) in [5.74, 6) is -1.98. The molecule has 1 N–H and O–H groups in total. The number of nitrogens with zero attached hydrogens (tertiary/aromatic N) is 1. The van der Waals surface area contributed by atoms with E-state index in [4.69, 9.17) is 5.11 Å². The van der Waals surface area contributed by atoms with Crippen LogP contribution in [0.4, 0.5) is 0 Å². The maximum atomic E-state index is 11.7. The van der Waals surface area contributed by atoms with E-state index in [-0.39, 0.29) is 5.56 Å². The van der Waals surface area contributed by atoms with Gasteiger partial charge in [-0.15, -0.1) is 5.16 Å². The lowest BCUT2D eigenvalue weighted by atomic mass is 10.1. The third kappa shape index (κ3) is 2.96. The highest BCUT2D eigenvalue weighted by molar-refractivity contribution is 6.14. The molecule has 0 fully saturated rings. The van der Waals surface area contributed by atoms with Crippen LogP contribution in [0, 0.1) is 0 Å². The van der Waals surface area contributed by atoms with E-state index in [9.17, 15) is 9.90 Å². The molecule has 0 amide bonds.